The van der Waals surface area contributed by atoms with Crippen LogP contribution in [0, 0.1) is 5.92 Å². The maximum absolute atomic E-state index is 10.8. The Morgan fingerprint density at radius 1 is 1.44 bits per heavy atom. The molecule has 3 N–H and O–H groups in total. The van der Waals surface area contributed by atoms with E-state index < -0.39 is 5.97 Å². The van der Waals surface area contributed by atoms with Crippen LogP contribution in [0.2, 0.25) is 0 Å². The zero-order valence-electron chi connectivity index (χ0n) is 10.7. The number of nitrogens with zero attached hydrogens (tertiary/aromatic N) is 1. The van der Waals surface area contributed by atoms with E-state index in [1.165, 1.54) is 12.8 Å². The van der Waals surface area contributed by atoms with Crippen LogP contribution in [-0.4, -0.2) is 35.6 Å². The third-order valence-corrected chi connectivity index (χ3v) is 3.61. The van der Waals surface area contributed by atoms with E-state index in [0.29, 0.717) is 18.2 Å². The van der Waals surface area contributed by atoms with Gasteiger partial charge in [-0.3, -0.25) is 4.90 Å². The lowest BCUT2D eigenvalue weighted by molar-refractivity contribution is 0.0697. The van der Waals surface area contributed by atoms with E-state index in [0.717, 1.165) is 18.0 Å². The number of benzene rings is 1. The number of carboxylic acids is 1. The van der Waals surface area contributed by atoms with Crippen LogP contribution in [0.4, 0.5) is 0 Å². The van der Waals surface area contributed by atoms with Gasteiger partial charge in [-0.05, 0) is 43.5 Å². The van der Waals surface area contributed by atoms with Crippen LogP contribution in [0.15, 0.2) is 24.3 Å². The van der Waals surface area contributed by atoms with Gasteiger partial charge in [0.15, 0.2) is 0 Å². The molecule has 1 aliphatic carbocycles. The van der Waals surface area contributed by atoms with Gasteiger partial charge < -0.3 is 10.8 Å². The van der Waals surface area contributed by atoms with Crippen LogP contribution >= 0.6 is 0 Å². The summed E-state index contributed by atoms with van der Waals surface area (Å²) in [5, 5.41) is 8.84. The highest BCUT2D eigenvalue weighted by molar-refractivity contribution is 5.87. The Balaban J connectivity index is 1.97. The van der Waals surface area contributed by atoms with E-state index in [1.54, 1.807) is 12.1 Å². The summed E-state index contributed by atoms with van der Waals surface area (Å²) in [7, 11) is 2.08. The van der Waals surface area contributed by atoms with Crippen LogP contribution in [-0.2, 0) is 6.54 Å². The third kappa shape index (κ3) is 3.09. The minimum absolute atomic E-state index is 0.332. The maximum Gasteiger partial charge on any atom is 0.335 e. The summed E-state index contributed by atoms with van der Waals surface area (Å²) < 4.78 is 0. The second-order valence-corrected chi connectivity index (χ2v) is 5.06. The Hall–Kier alpha value is -1.39. The zero-order valence-corrected chi connectivity index (χ0v) is 10.7. The lowest BCUT2D eigenvalue weighted by atomic mass is 10.1. The molecule has 0 bridgehead atoms. The SMILES string of the molecule is CN(Cc1ccc(C(=O)O)cc1)C(CN)C1CC1. The highest BCUT2D eigenvalue weighted by atomic mass is 16.4. The molecule has 0 saturated heterocycles. The van der Waals surface area contributed by atoms with Crippen molar-refractivity contribution >= 4 is 5.97 Å². The average Bonchev–Trinajstić information content (AvgIpc) is 3.15. The van der Waals surface area contributed by atoms with E-state index in [-0.39, 0.29) is 0 Å². The van der Waals surface area contributed by atoms with Gasteiger partial charge >= 0.3 is 5.97 Å². The Labute approximate surface area is 107 Å². The van der Waals surface area contributed by atoms with Crippen molar-refractivity contribution in [2.24, 2.45) is 11.7 Å². The molecule has 98 valence electrons. The molecule has 1 aromatic carbocycles. The molecule has 1 aromatic rings. The molecule has 1 fully saturated rings. The van der Waals surface area contributed by atoms with E-state index in [2.05, 4.69) is 11.9 Å². The standard InChI is InChI=1S/C14H20N2O2/c1-16(13(8-15)11-6-7-11)9-10-2-4-12(5-3-10)14(17)18/h2-5,11,13H,6-9,15H2,1H3,(H,17,18). The van der Waals surface area contributed by atoms with Gasteiger partial charge in [-0.2, -0.15) is 0 Å². The van der Waals surface area contributed by atoms with Crippen LogP contribution < -0.4 is 5.73 Å². The molecule has 0 heterocycles. The first-order valence-corrected chi connectivity index (χ1v) is 6.34. The van der Waals surface area contributed by atoms with Gasteiger partial charge in [0.05, 0.1) is 5.56 Å². The quantitative estimate of drug-likeness (QED) is 0.801. The monoisotopic (exact) mass is 248 g/mol. The first kappa shape index (κ1) is 13.1. The van der Waals surface area contributed by atoms with Crippen LogP contribution in [0.5, 0.6) is 0 Å². The number of nitrogens with two attached hydrogens (primary N) is 1. The minimum atomic E-state index is -0.882. The zero-order chi connectivity index (χ0) is 13.1. The van der Waals surface area contributed by atoms with Crippen LogP contribution in [0.3, 0.4) is 0 Å². The molecule has 0 aliphatic heterocycles. The number of rotatable bonds is 6. The van der Waals surface area contributed by atoms with E-state index in [9.17, 15) is 4.79 Å². The second-order valence-electron chi connectivity index (χ2n) is 5.06. The van der Waals surface area contributed by atoms with Gasteiger partial charge in [-0.1, -0.05) is 12.1 Å². The molecular weight excluding hydrogens is 228 g/mol. The Bertz CT molecular complexity index is 412. The summed E-state index contributed by atoms with van der Waals surface area (Å²) in [4.78, 5) is 13.0. The molecule has 0 aromatic heterocycles. The Kier molecular flexibility index (Phi) is 3.99. The summed E-state index contributed by atoms with van der Waals surface area (Å²) in [6, 6.07) is 7.50. The van der Waals surface area contributed by atoms with Crippen molar-refractivity contribution in [3.8, 4) is 0 Å². The number of carbonyl (C=O) groups is 1. The fourth-order valence-corrected chi connectivity index (χ4v) is 2.37. The van der Waals surface area contributed by atoms with Gasteiger partial charge in [-0.25, -0.2) is 4.79 Å². The number of carboxylic acid groups (broad SMARTS) is 1. The summed E-state index contributed by atoms with van der Waals surface area (Å²) in [5.41, 5.74) is 7.27. The van der Waals surface area contributed by atoms with Gasteiger partial charge in [0.2, 0.25) is 0 Å². The Morgan fingerprint density at radius 3 is 2.50 bits per heavy atom. The topological polar surface area (TPSA) is 66.6 Å². The molecule has 1 unspecified atom stereocenters. The van der Waals surface area contributed by atoms with Crippen molar-refractivity contribution in [2.45, 2.75) is 25.4 Å². The fraction of sp³-hybridized carbons (Fsp3) is 0.500. The van der Waals surface area contributed by atoms with Crippen molar-refractivity contribution in [3.63, 3.8) is 0 Å². The molecule has 1 atom stereocenters. The number of hydrogen-bond acceptors (Lipinski definition) is 3. The highest BCUT2D eigenvalue weighted by Gasteiger charge is 2.32. The predicted octanol–water partition coefficient (Wildman–Crippen LogP) is 1.55. The summed E-state index contributed by atoms with van der Waals surface area (Å²) in [6.45, 7) is 1.51. The average molecular weight is 248 g/mol. The molecule has 0 radical (unpaired) electrons. The molecule has 0 spiro atoms. The number of likely N-dealkylation sites (N-methyl/N-ethyl adjacent to an activating group) is 1. The largest absolute Gasteiger partial charge is 0.478 e. The van der Waals surface area contributed by atoms with Crippen molar-refractivity contribution in [1.82, 2.24) is 4.90 Å². The molecule has 4 heteroatoms. The normalized spacial score (nSPS) is 16.8. The lowest BCUT2D eigenvalue weighted by Gasteiger charge is -2.27. The molecule has 2 rings (SSSR count). The molecule has 1 saturated carbocycles. The predicted molar refractivity (Wildman–Crippen MR) is 70.4 cm³/mol. The fourth-order valence-electron chi connectivity index (χ4n) is 2.37. The molecular formula is C14H20N2O2. The first-order valence-electron chi connectivity index (χ1n) is 6.34. The summed E-state index contributed by atoms with van der Waals surface area (Å²) in [5.74, 6) is -0.133. The maximum atomic E-state index is 10.8. The van der Waals surface area contributed by atoms with Gasteiger partial charge in [0.25, 0.3) is 0 Å². The lowest BCUT2D eigenvalue weighted by Crippen LogP contribution is -2.39. The summed E-state index contributed by atoms with van der Waals surface area (Å²) in [6.07, 6.45) is 2.56. The van der Waals surface area contributed by atoms with Crippen molar-refractivity contribution in [3.05, 3.63) is 35.4 Å². The van der Waals surface area contributed by atoms with Crippen molar-refractivity contribution < 1.29 is 9.90 Å². The van der Waals surface area contributed by atoms with Gasteiger partial charge in [-0.15, -0.1) is 0 Å². The second kappa shape index (κ2) is 5.50. The van der Waals surface area contributed by atoms with Crippen molar-refractivity contribution in [1.29, 1.82) is 0 Å². The Morgan fingerprint density at radius 2 is 2.06 bits per heavy atom. The first-order chi connectivity index (χ1) is 8.61. The summed E-state index contributed by atoms with van der Waals surface area (Å²) >= 11 is 0. The van der Waals surface area contributed by atoms with E-state index in [1.807, 2.05) is 12.1 Å². The van der Waals surface area contributed by atoms with Gasteiger partial charge in [0, 0.05) is 19.1 Å². The third-order valence-electron chi connectivity index (χ3n) is 3.61. The minimum Gasteiger partial charge on any atom is -0.478 e. The number of hydrogen-bond donors (Lipinski definition) is 2. The molecule has 1 aliphatic rings. The van der Waals surface area contributed by atoms with Crippen LogP contribution in [0.25, 0.3) is 0 Å². The smallest absolute Gasteiger partial charge is 0.335 e. The highest BCUT2D eigenvalue weighted by Crippen LogP contribution is 2.34. The molecule has 18 heavy (non-hydrogen) atoms. The molecule has 0 amide bonds. The molecule has 4 nitrogen and oxygen atoms in total. The van der Waals surface area contributed by atoms with E-state index >= 15 is 0 Å². The van der Waals surface area contributed by atoms with Crippen LogP contribution in [0.1, 0.15) is 28.8 Å². The number of aromatic carboxylic acids is 1. The van der Waals surface area contributed by atoms with Crippen molar-refractivity contribution in [2.75, 3.05) is 13.6 Å². The van der Waals surface area contributed by atoms with E-state index in [4.69, 9.17) is 10.8 Å². The van der Waals surface area contributed by atoms with Gasteiger partial charge in [0.1, 0.15) is 0 Å².